The number of carbonyl (C=O) groups is 7. The number of fused-ring (bicyclic) bond motifs is 4. The fourth-order valence-corrected chi connectivity index (χ4v) is 9.74. The Kier molecular flexibility index (Phi) is 13.2. The lowest BCUT2D eigenvalue weighted by molar-refractivity contribution is -0.155. The minimum absolute atomic E-state index is 0.0460. The number of carbonyl (C=O) groups excluding carboxylic acids is 7. The van der Waals surface area contributed by atoms with Gasteiger partial charge in [0.15, 0.2) is 0 Å². The number of piperidine rings is 1. The van der Waals surface area contributed by atoms with Gasteiger partial charge in [0, 0.05) is 57.1 Å². The summed E-state index contributed by atoms with van der Waals surface area (Å²) in [7, 11) is 1.96. The fraction of sp³-hybridized carbons (Fsp3) is 0.568. The Morgan fingerprint density at radius 1 is 0.919 bits per heavy atom. The summed E-state index contributed by atoms with van der Waals surface area (Å²) in [6.45, 7) is 5.98. The molecule has 0 saturated carbocycles. The average molecular weight is 863 g/mol. The third-order valence-electron chi connectivity index (χ3n) is 12.9. The van der Waals surface area contributed by atoms with Gasteiger partial charge in [0.1, 0.15) is 53.7 Å². The Morgan fingerprint density at radius 2 is 1.63 bits per heavy atom. The van der Waals surface area contributed by atoms with Crippen molar-refractivity contribution in [2.24, 2.45) is 5.92 Å². The Labute approximate surface area is 359 Å². The van der Waals surface area contributed by atoms with Gasteiger partial charge in [-0.3, -0.25) is 24.0 Å². The van der Waals surface area contributed by atoms with Crippen molar-refractivity contribution in [3.05, 3.63) is 59.2 Å². The van der Waals surface area contributed by atoms with Gasteiger partial charge in [0.05, 0.1) is 12.7 Å². The first-order valence-corrected chi connectivity index (χ1v) is 21.5. The maximum atomic E-state index is 14.9. The average Bonchev–Trinajstić information content (AvgIpc) is 3.97. The molecule has 16 nitrogen and oxygen atoms in total. The topological polar surface area (TPSA) is 190 Å². The third-order valence-corrected chi connectivity index (χ3v) is 12.9. The number of nitrogens with one attached hydrogen (secondary N) is 4. The van der Waals surface area contributed by atoms with Crippen molar-refractivity contribution >= 4 is 53.2 Å². The van der Waals surface area contributed by atoms with E-state index in [0.717, 1.165) is 36.3 Å². The second-order valence-electron chi connectivity index (χ2n) is 17.6. The van der Waals surface area contributed by atoms with Crippen LogP contribution in [0.1, 0.15) is 70.4 Å². The van der Waals surface area contributed by atoms with E-state index < -0.39 is 89.1 Å². The normalized spacial score (nSPS) is 28.7. The molecule has 1 unspecified atom stereocenters. The number of hydrogen-bond acceptors (Lipinski definition) is 9. The molecule has 5 aliphatic rings. The van der Waals surface area contributed by atoms with Gasteiger partial charge in [-0.25, -0.2) is 13.6 Å². The number of halogens is 2. The van der Waals surface area contributed by atoms with Crippen molar-refractivity contribution < 1.29 is 47.1 Å². The SMILES string of the molecule is C[C@H]1CN2C(=O)[C@H](C)NC(=O)[C@@H]3CCCCN3C(=O)[C@@H]3CCCN3C(=O)[C@@H](NC(=O)[C@H](Cc3cc(F)cc(F)c3)NC(=O)Nc3ccc4c(c3)CCN4C)[C@H](C)OCC2(C=O)C1. The molecule has 7 amide bonds. The lowest BCUT2D eigenvalue weighted by Gasteiger charge is -2.41. The van der Waals surface area contributed by atoms with E-state index in [9.17, 15) is 42.3 Å². The number of hydrogen-bond donors (Lipinski definition) is 4. The molecule has 5 heterocycles. The molecule has 5 aliphatic heterocycles. The molecule has 18 heteroatoms. The van der Waals surface area contributed by atoms with Crippen LogP contribution in [0.5, 0.6) is 0 Å². The van der Waals surface area contributed by atoms with E-state index in [2.05, 4.69) is 26.2 Å². The van der Waals surface area contributed by atoms with Crippen LogP contribution in [0.3, 0.4) is 0 Å². The molecule has 0 aromatic heterocycles. The molecule has 4 fully saturated rings. The Morgan fingerprint density at radius 3 is 2.37 bits per heavy atom. The number of anilines is 2. The molecule has 0 aliphatic carbocycles. The number of rotatable bonds is 7. The molecule has 2 aromatic carbocycles. The number of aldehydes is 1. The highest BCUT2D eigenvalue weighted by Crippen LogP contribution is 2.34. The van der Waals surface area contributed by atoms with Gasteiger partial charge in [0.25, 0.3) is 0 Å². The molecular weight excluding hydrogens is 807 g/mol. The fourth-order valence-electron chi connectivity index (χ4n) is 9.74. The van der Waals surface area contributed by atoms with Gasteiger partial charge in [-0.1, -0.05) is 6.92 Å². The second kappa shape index (κ2) is 18.4. The molecule has 0 spiro atoms. The summed E-state index contributed by atoms with van der Waals surface area (Å²) in [4.78, 5) is 105. The van der Waals surface area contributed by atoms with E-state index in [-0.39, 0.29) is 57.0 Å². The van der Waals surface area contributed by atoms with E-state index in [0.29, 0.717) is 43.7 Å². The zero-order valence-corrected chi connectivity index (χ0v) is 35.6. The largest absolute Gasteiger partial charge is 0.374 e. The van der Waals surface area contributed by atoms with E-state index >= 15 is 0 Å². The first kappa shape index (κ1) is 44.4. The predicted molar refractivity (Wildman–Crippen MR) is 223 cm³/mol. The molecule has 4 N–H and O–H groups in total. The minimum Gasteiger partial charge on any atom is -0.374 e. The summed E-state index contributed by atoms with van der Waals surface area (Å²) in [6.07, 6.45) is 2.46. The van der Waals surface area contributed by atoms with Crippen LogP contribution in [-0.2, 0) is 46.3 Å². The monoisotopic (exact) mass is 862 g/mol. The van der Waals surface area contributed by atoms with Gasteiger partial charge >= 0.3 is 6.03 Å². The standard InChI is InChI=1S/C44H56F2N8O8/c1-25-21-44(23-55)24-62-27(3)37(42(60)53-14-7-9-36(53)41(59)52-13-6-5-8-35(52)39(57)47-26(2)40(58)54(44)22-25)50-38(56)33(18-28-16-30(45)20-31(46)17-28)49-43(61)48-32-10-11-34-29(19-32)12-15-51(34)4/h10-11,16-17,19-20,23,25-27,33,35-37H,5-9,12-15,18,21-22,24H2,1-4H3,(H,47,57)(H,50,56)(H2,48,49,61)/t25-,26+,27+,33+,35+,36+,37+,44?/m1/s1. The summed E-state index contributed by atoms with van der Waals surface area (Å²) in [6, 6.07) is 1.44. The van der Waals surface area contributed by atoms with Crippen molar-refractivity contribution in [1.82, 2.24) is 30.7 Å². The summed E-state index contributed by atoms with van der Waals surface area (Å²) < 4.78 is 35.2. The van der Waals surface area contributed by atoms with Gasteiger partial charge in [-0.15, -0.1) is 0 Å². The zero-order valence-electron chi connectivity index (χ0n) is 35.6. The minimum atomic E-state index is -1.51. The van der Waals surface area contributed by atoms with Crippen LogP contribution < -0.4 is 26.2 Å². The van der Waals surface area contributed by atoms with Crippen molar-refractivity contribution in [2.75, 3.05) is 50.1 Å². The molecule has 62 heavy (non-hydrogen) atoms. The number of ether oxygens (including phenoxy) is 1. The second-order valence-corrected chi connectivity index (χ2v) is 17.6. The number of likely N-dealkylation sites (N-methyl/N-ethyl adjacent to an activating group) is 1. The summed E-state index contributed by atoms with van der Waals surface area (Å²) in [5.41, 5.74) is 1.07. The van der Waals surface area contributed by atoms with E-state index in [1.165, 1.54) is 28.5 Å². The molecule has 0 bridgehead atoms. The van der Waals surface area contributed by atoms with Gasteiger partial charge < -0.3 is 50.4 Å². The molecule has 8 atom stereocenters. The summed E-state index contributed by atoms with van der Waals surface area (Å²) in [5.74, 6) is -4.96. The van der Waals surface area contributed by atoms with E-state index in [1.54, 1.807) is 6.07 Å². The quantitative estimate of drug-likeness (QED) is 0.303. The molecule has 2 aromatic rings. The number of benzene rings is 2. The summed E-state index contributed by atoms with van der Waals surface area (Å²) in [5, 5.41) is 10.9. The number of urea groups is 1. The van der Waals surface area contributed by atoms with Crippen LogP contribution in [0, 0.1) is 17.6 Å². The van der Waals surface area contributed by atoms with Crippen LogP contribution in [0.15, 0.2) is 36.4 Å². The highest BCUT2D eigenvalue weighted by molar-refractivity contribution is 5.98. The van der Waals surface area contributed by atoms with Crippen LogP contribution in [-0.4, -0.2) is 138 Å². The highest BCUT2D eigenvalue weighted by atomic mass is 19.1. The van der Waals surface area contributed by atoms with Gasteiger partial charge in [-0.2, -0.15) is 0 Å². The lowest BCUT2D eigenvalue weighted by atomic mass is 9.94. The van der Waals surface area contributed by atoms with Crippen molar-refractivity contribution in [3.8, 4) is 0 Å². The highest BCUT2D eigenvalue weighted by Gasteiger charge is 2.50. The van der Waals surface area contributed by atoms with Gasteiger partial charge in [0.2, 0.25) is 29.5 Å². The predicted octanol–water partition coefficient (Wildman–Crippen LogP) is 2.28. The molecular formula is C44H56F2N8O8. The first-order valence-electron chi connectivity index (χ1n) is 21.5. The maximum absolute atomic E-state index is 14.9. The third kappa shape index (κ3) is 9.25. The Hall–Kier alpha value is -5.65. The lowest BCUT2D eigenvalue weighted by Crippen LogP contribution is -2.64. The number of nitrogens with zero attached hydrogens (tertiary/aromatic N) is 4. The summed E-state index contributed by atoms with van der Waals surface area (Å²) >= 11 is 0. The van der Waals surface area contributed by atoms with Crippen molar-refractivity contribution in [1.29, 1.82) is 0 Å². The Bertz CT molecular complexity index is 2090. The van der Waals surface area contributed by atoms with Gasteiger partial charge in [-0.05, 0) is 106 Å². The van der Waals surface area contributed by atoms with Crippen LogP contribution in [0.25, 0.3) is 0 Å². The molecule has 4 saturated heterocycles. The molecule has 0 radical (unpaired) electrons. The van der Waals surface area contributed by atoms with E-state index in [1.807, 2.05) is 26.1 Å². The maximum Gasteiger partial charge on any atom is 0.319 e. The Balaban J connectivity index is 1.21. The van der Waals surface area contributed by atoms with Crippen molar-refractivity contribution in [3.63, 3.8) is 0 Å². The molecule has 7 rings (SSSR count). The van der Waals surface area contributed by atoms with Crippen LogP contribution >= 0.6 is 0 Å². The molecule has 334 valence electrons. The van der Waals surface area contributed by atoms with Crippen LogP contribution in [0.2, 0.25) is 0 Å². The smallest absolute Gasteiger partial charge is 0.319 e. The van der Waals surface area contributed by atoms with Crippen LogP contribution in [0.4, 0.5) is 25.0 Å². The first-order chi connectivity index (χ1) is 29.6. The van der Waals surface area contributed by atoms with Crippen molar-refractivity contribution in [2.45, 2.75) is 114 Å². The number of amides is 7. The zero-order chi connectivity index (χ0) is 44.5. The van der Waals surface area contributed by atoms with E-state index in [4.69, 9.17) is 4.74 Å².